The van der Waals surface area contributed by atoms with Gasteiger partial charge >= 0.3 is 0 Å². The molecule has 0 aliphatic rings. The van der Waals surface area contributed by atoms with Crippen molar-refractivity contribution in [2.75, 3.05) is 0 Å². The van der Waals surface area contributed by atoms with Crippen LogP contribution in [0.15, 0.2) is 16.5 Å². The third-order valence-corrected chi connectivity index (χ3v) is 2.74. The molecule has 0 unspecified atom stereocenters. The van der Waals surface area contributed by atoms with Crippen LogP contribution in [-0.4, -0.2) is 12.1 Å². The van der Waals surface area contributed by atoms with E-state index in [2.05, 4.69) is 10.5 Å². The maximum absolute atomic E-state index is 11.1. The summed E-state index contributed by atoms with van der Waals surface area (Å²) in [6.45, 7) is 5.69. The Labute approximate surface area is 87.8 Å². The van der Waals surface area contributed by atoms with E-state index in [4.69, 9.17) is 0 Å². The van der Waals surface area contributed by atoms with Gasteiger partial charge in [0, 0.05) is 10.8 Å². The van der Waals surface area contributed by atoms with Crippen LogP contribution in [0.5, 0.6) is 0 Å². The highest BCUT2D eigenvalue weighted by Crippen LogP contribution is 2.12. The maximum atomic E-state index is 11.1. The smallest absolute Gasteiger partial charge is 0.242 e. The van der Waals surface area contributed by atoms with Crippen LogP contribution in [-0.2, 0) is 4.79 Å². The predicted octanol–water partition coefficient (Wildman–Crippen LogP) is 2.16. The van der Waals surface area contributed by atoms with Crippen molar-refractivity contribution in [3.8, 4) is 0 Å². The number of nitrogens with one attached hydrogen (secondary N) is 1. The summed E-state index contributed by atoms with van der Waals surface area (Å²) in [4.78, 5) is 12.2. The van der Waals surface area contributed by atoms with Gasteiger partial charge in [-0.15, -0.1) is 11.3 Å². The highest BCUT2D eigenvalue weighted by atomic mass is 32.1. The molecule has 0 radical (unpaired) electrons. The van der Waals surface area contributed by atoms with Crippen LogP contribution in [0.3, 0.4) is 0 Å². The van der Waals surface area contributed by atoms with Crippen LogP contribution < -0.4 is 5.43 Å². The van der Waals surface area contributed by atoms with Crippen molar-refractivity contribution in [2.45, 2.75) is 20.8 Å². The Morgan fingerprint density at radius 3 is 2.86 bits per heavy atom. The van der Waals surface area contributed by atoms with E-state index in [-0.39, 0.29) is 11.8 Å². The number of hydrazone groups is 1. The van der Waals surface area contributed by atoms with Crippen LogP contribution in [0, 0.1) is 12.8 Å². The van der Waals surface area contributed by atoms with E-state index in [0.29, 0.717) is 0 Å². The SMILES string of the molecule is Cc1ccsc1/C=N/NC(=O)C(C)C. The molecule has 1 amide bonds. The summed E-state index contributed by atoms with van der Waals surface area (Å²) >= 11 is 1.61. The van der Waals surface area contributed by atoms with E-state index in [1.165, 1.54) is 5.56 Å². The Bertz CT molecular complexity index is 342. The van der Waals surface area contributed by atoms with E-state index in [0.717, 1.165) is 4.88 Å². The minimum Gasteiger partial charge on any atom is -0.273 e. The van der Waals surface area contributed by atoms with Gasteiger partial charge in [0.2, 0.25) is 5.91 Å². The van der Waals surface area contributed by atoms with Crippen molar-refractivity contribution in [1.82, 2.24) is 5.43 Å². The van der Waals surface area contributed by atoms with Crippen molar-refractivity contribution >= 4 is 23.5 Å². The van der Waals surface area contributed by atoms with E-state index < -0.39 is 0 Å². The first-order valence-electron chi connectivity index (χ1n) is 4.48. The summed E-state index contributed by atoms with van der Waals surface area (Å²) in [6.07, 6.45) is 1.68. The summed E-state index contributed by atoms with van der Waals surface area (Å²) in [5, 5.41) is 5.88. The van der Waals surface area contributed by atoms with Crippen LogP contribution >= 0.6 is 11.3 Å². The molecule has 3 nitrogen and oxygen atoms in total. The third-order valence-electron chi connectivity index (χ3n) is 1.78. The molecule has 0 atom stereocenters. The topological polar surface area (TPSA) is 41.5 Å². The van der Waals surface area contributed by atoms with Gasteiger partial charge in [0.1, 0.15) is 0 Å². The number of aryl methyl sites for hydroxylation is 1. The summed E-state index contributed by atoms with van der Waals surface area (Å²) in [6, 6.07) is 2.02. The zero-order valence-electron chi connectivity index (χ0n) is 8.57. The first-order valence-corrected chi connectivity index (χ1v) is 5.36. The molecule has 0 bridgehead atoms. The molecule has 1 aromatic rings. The molecule has 1 heterocycles. The quantitative estimate of drug-likeness (QED) is 0.603. The summed E-state index contributed by atoms with van der Waals surface area (Å²) in [7, 11) is 0. The molecule has 0 fully saturated rings. The Balaban J connectivity index is 2.50. The molecular weight excluding hydrogens is 196 g/mol. The summed E-state index contributed by atoms with van der Waals surface area (Å²) in [5.41, 5.74) is 3.66. The van der Waals surface area contributed by atoms with Crippen molar-refractivity contribution < 1.29 is 4.79 Å². The number of nitrogens with zero attached hydrogens (tertiary/aromatic N) is 1. The molecule has 0 aliphatic heterocycles. The minimum atomic E-state index is -0.0598. The fraction of sp³-hybridized carbons (Fsp3) is 0.400. The van der Waals surface area contributed by atoms with Gasteiger partial charge in [-0.25, -0.2) is 5.43 Å². The Morgan fingerprint density at radius 1 is 1.64 bits per heavy atom. The molecule has 76 valence electrons. The molecule has 0 saturated carbocycles. The Hall–Kier alpha value is -1.16. The van der Waals surface area contributed by atoms with Crippen LogP contribution in [0.1, 0.15) is 24.3 Å². The maximum Gasteiger partial charge on any atom is 0.242 e. The number of hydrogen-bond acceptors (Lipinski definition) is 3. The zero-order chi connectivity index (χ0) is 10.6. The first-order chi connectivity index (χ1) is 6.61. The number of carbonyl (C=O) groups is 1. The monoisotopic (exact) mass is 210 g/mol. The molecule has 0 spiro atoms. The van der Waals surface area contributed by atoms with Crippen molar-refractivity contribution in [3.05, 3.63) is 21.9 Å². The van der Waals surface area contributed by atoms with Gasteiger partial charge in [-0.3, -0.25) is 4.79 Å². The molecule has 1 rings (SSSR count). The van der Waals surface area contributed by atoms with Crippen molar-refractivity contribution in [2.24, 2.45) is 11.0 Å². The van der Waals surface area contributed by atoms with Gasteiger partial charge in [0.05, 0.1) is 6.21 Å². The lowest BCUT2D eigenvalue weighted by Crippen LogP contribution is -2.22. The molecule has 14 heavy (non-hydrogen) atoms. The normalized spacial score (nSPS) is 11.1. The highest BCUT2D eigenvalue weighted by molar-refractivity contribution is 7.11. The lowest BCUT2D eigenvalue weighted by molar-refractivity contribution is -0.123. The Kier molecular flexibility index (Phi) is 3.83. The zero-order valence-corrected chi connectivity index (χ0v) is 9.39. The van der Waals surface area contributed by atoms with Crippen molar-refractivity contribution in [3.63, 3.8) is 0 Å². The largest absolute Gasteiger partial charge is 0.273 e. The molecule has 4 heteroatoms. The van der Waals surface area contributed by atoms with Gasteiger partial charge in [0.15, 0.2) is 0 Å². The highest BCUT2D eigenvalue weighted by Gasteiger charge is 2.03. The van der Waals surface area contributed by atoms with Crippen LogP contribution in [0.2, 0.25) is 0 Å². The number of amides is 1. The Morgan fingerprint density at radius 2 is 2.36 bits per heavy atom. The second-order valence-electron chi connectivity index (χ2n) is 3.36. The molecule has 0 saturated heterocycles. The number of rotatable bonds is 3. The van der Waals surface area contributed by atoms with E-state index in [9.17, 15) is 4.79 Å². The summed E-state index contributed by atoms with van der Waals surface area (Å²) < 4.78 is 0. The predicted molar refractivity (Wildman–Crippen MR) is 59.6 cm³/mol. The van der Waals surface area contributed by atoms with Crippen LogP contribution in [0.4, 0.5) is 0 Å². The van der Waals surface area contributed by atoms with Gasteiger partial charge in [-0.1, -0.05) is 13.8 Å². The first kappa shape index (κ1) is 10.9. The van der Waals surface area contributed by atoms with E-state index in [1.54, 1.807) is 17.6 Å². The van der Waals surface area contributed by atoms with E-state index >= 15 is 0 Å². The van der Waals surface area contributed by atoms with Gasteiger partial charge in [0.25, 0.3) is 0 Å². The number of carbonyl (C=O) groups excluding carboxylic acids is 1. The van der Waals surface area contributed by atoms with Gasteiger partial charge < -0.3 is 0 Å². The second-order valence-corrected chi connectivity index (χ2v) is 4.30. The molecular formula is C10H14N2OS. The average molecular weight is 210 g/mol. The lowest BCUT2D eigenvalue weighted by atomic mass is 10.2. The standard InChI is InChI=1S/C10H14N2OS/c1-7(2)10(13)12-11-6-9-8(3)4-5-14-9/h4-7H,1-3H3,(H,12,13)/b11-6+. The molecule has 0 aromatic carbocycles. The fourth-order valence-corrected chi connectivity index (χ4v) is 1.59. The fourth-order valence-electron chi connectivity index (χ4n) is 0.800. The molecule has 1 N–H and O–H groups in total. The lowest BCUT2D eigenvalue weighted by Gasteiger charge is -2.00. The number of hydrogen-bond donors (Lipinski definition) is 1. The van der Waals surface area contributed by atoms with E-state index in [1.807, 2.05) is 32.2 Å². The van der Waals surface area contributed by atoms with Crippen LogP contribution in [0.25, 0.3) is 0 Å². The minimum absolute atomic E-state index is 0.0309. The van der Waals surface area contributed by atoms with Crippen molar-refractivity contribution in [1.29, 1.82) is 0 Å². The molecule has 1 aromatic heterocycles. The van der Waals surface area contributed by atoms with Gasteiger partial charge in [-0.05, 0) is 23.9 Å². The van der Waals surface area contributed by atoms with Gasteiger partial charge in [-0.2, -0.15) is 5.10 Å². The molecule has 0 aliphatic carbocycles. The number of thiophene rings is 1. The third kappa shape index (κ3) is 2.96. The summed E-state index contributed by atoms with van der Waals surface area (Å²) in [5.74, 6) is -0.0907. The average Bonchev–Trinajstić information content (AvgIpc) is 2.51. The second kappa shape index (κ2) is 4.91.